The molecule has 1 aliphatic heterocycles. The zero-order valence-electron chi connectivity index (χ0n) is 16.3. The van der Waals surface area contributed by atoms with Gasteiger partial charge in [-0.15, -0.1) is 0 Å². The molecular formula is C20H26N2O4S2. The average Bonchev–Trinajstić information content (AvgIpc) is 2.62. The van der Waals surface area contributed by atoms with Gasteiger partial charge in [0.2, 0.25) is 10.0 Å². The lowest BCUT2D eigenvalue weighted by Gasteiger charge is -2.28. The van der Waals surface area contributed by atoms with Crippen LogP contribution in [0.1, 0.15) is 43.7 Å². The van der Waals surface area contributed by atoms with Gasteiger partial charge in [0.15, 0.2) is 0 Å². The zero-order valence-corrected chi connectivity index (χ0v) is 18.0. The van der Waals surface area contributed by atoms with E-state index in [4.69, 9.17) is 0 Å². The molecule has 0 spiro atoms. The summed E-state index contributed by atoms with van der Waals surface area (Å²) in [5, 5.41) is 0. The molecule has 0 bridgehead atoms. The molecule has 2 aromatic rings. The van der Waals surface area contributed by atoms with E-state index in [1.807, 2.05) is 12.1 Å². The highest BCUT2D eigenvalue weighted by Crippen LogP contribution is 2.29. The van der Waals surface area contributed by atoms with Crippen LogP contribution in [0.5, 0.6) is 0 Å². The minimum Gasteiger partial charge on any atom is -0.280 e. The first-order valence-electron chi connectivity index (χ1n) is 9.34. The van der Waals surface area contributed by atoms with Gasteiger partial charge >= 0.3 is 0 Å². The van der Waals surface area contributed by atoms with Gasteiger partial charge in [-0.05, 0) is 61.1 Å². The second-order valence-corrected chi connectivity index (χ2v) is 11.1. The van der Waals surface area contributed by atoms with Crippen molar-refractivity contribution in [1.29, 1.82) is 0 Å². The van der Waals surface area contributed by atoms with Gasteiger partial charge in [0, 0.05) is 12.2 Å². The Labute approximate surface area is 167 Å². The van der Waals surface area contributed by atoms with Crippen LogP contribution in [0.2, 0.25) is 0 Å². The number of rotatable bonds is 5. The number of nitrogens with one attached hydrogen (secondary N) is 1. The normalized spacial score (nSPS) is 16.9. The first-order valence-corrected chi connectivity index (χ1v) is 12.4. The highest BCUT2D eigenvalue weighted by molar-refractivity contribution is 7.93. The number of benzene rings is 2. The van der Waals surface area contributed by atoms with Crippen LogP contribution < -0.4 is 9.03 Å². The summed E-state index contributed by atoms with van der Waals surface area (Å²) in [5.74, 6) is 0.444. The van der Waals surface area contributed by atoms with Crippen LogP contribution in [0, 0.1) is 6.92 Å². The van der Waals surface area contributed by atoms with Gasteiger partial charge in [-0.2, -0.15) is 0 Å². The van der Waals surface area contributed by atoms with E-state index in [0.29, 0.717) is 35.8 Å². The van der Waals surface area contributed by atoms with E-state index in [1.54, 1.807) is 31.2 Å². The Morgan fingerprint density at radius 3 is 2.32 bits per heavy atom. The molecule has 1 fully saturated rings. The number of hydrogen-bond acceptors (Lipinski definition) is 4. The fourth-order valence-corrected chi connectivity index (χ4v) is 6.21. The quantitative estimate of drug-likeness (QED) is 0.793. The number of anilines is 2. The van der Waals surface area contributed by atoms with Crippen LogP contribution in [-0.4, -0.2) is 29.1 Å². The van der Waals surface area contributed by atoms with E-state index >= 15 is 0 Å². The van der Waals surface area contributed by atoms with Gasteiger partial charge in [-0.25, -0.2) is 16.8 Å². The highest BCUT2D eigenvalue weighted by atomic mass is 32.2. The lowest BCUT2D eigenvalue weighted by Crippen LogP contribution is -2.38. The topological polar surface area (TPSA) is 83.6 Å². The van der Waals surface area contributed by atoms with Crippen molar-refractivity contribution in [3.8, 4) is 0 Å². The fraction of sp³-hybridized carbons (Fsp3) is 0.400. The first kappa shape index (κ1) is 20.7. The molecule has 1 saturated heterocycles. The SMILES string of the molecule is Cc1ccc(N2CCCCS2(=O)=O)cc1S(=O)(=O)Nc1ccc(C(C)C)cc1. The second-order valence-electron chi connectivity index (χ2n) is 7.43. The minimum atomic E-state index is -3.85. The average molecular weight is 423 g/mol. The third kappa shape index (κ3) is 4.33. The monoisotopic (exact) mass is 422 g/mol. The van der Waals surface area contributed by atoms with Crippen LogP contribution >= 0.6 is 0 Å². The molecule has 28 heavy (non-hydrogen) atoms. The maximum Gasteiger partial charge on any atom is 0.262 e. The van der Waals surface area contributed by atoms with Crippen molar-refractivity contribution in [2.45, 2.75) is 44.4 Å². The van der Waals surface area contributed by atoms with Crippen molar-refractivity contribution in [2.75, 3.05) is 21.3 Å². The highest BCUT2D eigenvalue weighted by Gasteiger charge is 2.27. The largest absolute Gasteiger partial charge is 0.280 e. The molecule has 8 heteroatoms. The third-order valence-corrected chi connectivity index (χ3v) is 8.32. The molecule has 3 rings (SSSR count). The number of aryl methyl sites for hydroxylation is 1. The summed E-state index contributed by atoms with van der Waals surface area (Å²) in [6.07, 6.45) is 1.39. The lowest BCUT2D eigenvalue weighted by molar-refractivity contribution is 0.574. The summed E-state index contributed by atoms with van der Waals surface area (Å²) in [6.45, 7) is 6.21. The van der Waals surface area contributed by atoms with Crippen molar-refractivity contribution in [3.05, 3.63) is 53.6 Å². The molecule has 0 saturated carbocycles. The van der Waals surface area contributed by atoms with Gasteiger partial charge in [-0.3, -0.25) is 9.03 Å². The molecule has 1 aliphatic rings. The standard InChI is InChI=1S/C20H26N2O4S2/c1-15(2)17-7-9-18(10-8-17)21-28(25,26)20-14-19(11-6-16(20)3)22-12-4-5-13-27(22,23)24/h6-11,14-15,21H,4-5,12-13H2,1-3H3. The Balaban J connectivity index is 1.93. The Morgan fingerprint density at radius 2 is 1.71 bits per heavy atom. The van der Waals surface area contributed by atoms with Gasteiger partial charge in [0.05, 0.1) is 16.3 Å². The van der Waals surface area contributed by atoms with E-state index in [-0.39, 0.29) is 10.6 Å². The van der Waals surface area contributed by atoms with Crippen molar-refractivity contribution < 1.29 is 16.8 Å². The second kappa shape index (κ2) is 7.75. The molecule has 0 aromatic heterocycles. The number of nitrogens with zero attached hydrogens (tertiary/aromatic N) is 1. The Kier molecular flexibility index (Phi) is 5.72. The first-order chi connectivity index (χ1) is 13.1. The summed E-state index contributed by atoms with van der Waals surface area (Å²) in [5.41, 5.74) is 2.54. The van der Waals surface area contributed by atoms with Crippen LogP contribution in [0.15, 0.2) is 47.4 Å². The van der Waals surface area contributed by atoms with Crippen LogP contribution in [0.25, 0.3) is 0 Å². The third-order valence-electron chi connectivity index (χ3n) is 4.93. The Bertz CT molecular complexity index is 1060. The molecule has 6 nitrogen and oxygen atoms in total. The number of sulfonamides is 2. The Hall–Kier alpha value is -2.06. The summed E-state index contributed by atoms with van der Waals surface area (Å²) in [7, 11) is -7.25. The maximum atomic E-state index is 13.0. The molecule has 0 aliphatic carbocycles. The maximum absolute atomic E-state index is 13.0. The van der Waals surface area contributed by atoms with Gasteiger partial charge in [0.1, 0.15) is 0 Å². The van der Waals surface area contributed by atoms with Gasteiger partial charge in [0.25, 0.3) is 10.0 Å². The molecular weight excluding hydrogens is 396 g/mol. The summed E-state index contributed by atoms with van der Waals surface area (Å²) in [4.78, 5) is 0.0821. The van der Waals surface area contributed by atoms with Crippen molar-refractivity contribution >= 4 is 31.4 Å². The van der Waals surface area contributed by atoms with Crippen molar-refractivity contribution in [1.82, 2.24) is 0 Å². The molecule has 1 heterocycles. The van der Waals surface area contributed by atoms with Crippen molar-refractivity contribution in [3.63, 3.8) is 0 Å². The van der Waals surface area contributed by atoms with Crippen LogP contribution in [0.4, 0.5) is 11.4 Å². The van der Waals surface area contributed by atoms with E-state index in [1.165, 1.54) is 10.4 Å². The van der Waals surface area contributed by atoms with E-state index in [2.05, 4.69) is 18.6 Å². The van der Waals surface area contributed by atoms with Gasteiger partial charge < -0.3 is 0 Å². The zero-order chi connectivity index (χ0) is 20.5. The Morgan fingerprint density at radius 1 is 1.04 bits per heavy atom. The summed E-state index contributed by atoms with van der Waals surface area (Å²) < 4.78 is 54.6. The van der Waals surface area contributed by atoms with E-state index < -0.39 is 20.0 Å². The van der Waals surface area contributed by atoms with E-state index in [0.717, 1.165) is 12.0 Å². The minimum absolute atomic E-state index is 0.0821. The van der Waals surface area contributed by atoms with Crippen LogP contribution in [-0.2, 0) is 20.0 Å². The smallest absolute Gasteiger partial charge is 0.262 e. The number of hydrogen-bond donors (Lipinski definition) is 1. The summed E-state index contributed by atoms with van der Waals surface area (Å²) in [6, 6.07) is 12.0. The molecule has 2 aromatic carbocycles. The predicted octanol–water partition coefficient (Wildman–Crippen LogP) is 3.85. The molecule has 0 amide bonds. The summed E-state index contributed by atoms with van der Waals surface area (Å²) >= 11 is 0. The van der Waals surface area contributed by atoms with Crippen molar-refractivity contribution in [2.24, 2.45) is 0 Å². The van der Waals surface area contributed by atoms with Crippen LogP contribution in [0.3, 0.4) is 0 Å². The fourth-order valence-electron chi connectivity index (χ4n) is 3.26. The molecule has 0 atom stereocenters. The molecule has 1 N–H and O–H groups in total. The predicted molar refractivity (Wildman–Crippen MR) is 113 cm³/mol. The molecule has 0 unspecified atom stereocenters. The van der Waals surface area contributed by atoms with Gasteiger partial charge in [-0.1, -0.05) is 32.0 Å². The lowest BCUT2D eigenvalue weighted by atomic mass is 10.0. The molecule has 152 valence electrons. The van der Waals surface area contributed by atoms with E-state index in [9.17, 15) is 16.8 Å². The molecule has 0 radical (unpaired) electrons.